The molecule has 0 aliphatic carbocycles. The van der Waals surface area contributed by atoms with E-state index in [2.05, 4.69) is 27.2 Å². The maximum atomic E-state index is 10.6. The van der Waals surface area contributed by atoms with E-state index in [9.17, 15) is 13.2 Å². The molecule has 3 aromatic heterocycles. The third-order valence-electron chi connectivity index (χ3n) is 6.67. The minimum absolute atomic E-state index is 0.238. The molecule has 0 bridgehead atoms. The number of aromatic nitrogens is 5. The van der Waals surface area contributed by atoms with Gasteiger partial charge in [0.2, 0.25) is 0 Å². The predicted octanol–water partition coefficient (Wildman–Crippen LogP) is 5.34. The summed E-state index contributed by atoms with van der Waals surface area (Å²) in [4.78, 5) is 18.6. The molecule has 2 aliphatic rings. The zero-order valence-electron chi connectivity index (χ0n) is 20.0. The number of carboxylic acid groups (broad SMARTS) is 1. The van der Waals surface area contributed by atoms with Gasteiger partial charge in [-0.05, 0) is 56.9 Å². The Morgan fingerprint density at radius 3 is 2.76 bits per heavy atom. The van der Waals surface area contributed by atoms with Gasteiger partial charge in [0.25, 0.3) is 0 Å². The molecule has 37 heavy (non-hydrogen) atoms. The van der Waals surface area contributed by atoms with Crippen LogP contribution in [0, 0.1) is 0 Å². The lowest BCUT2D eigenvalue weighted by Crippen LogP contribution is -2.26. The van der Waals surface area contributed by atoms with E-state index in [1.807, 2.05) is 24.4 Å². The molecule has 0 amide bonds. The predicted molar refractivity (Wildman–Crippen MR) is 131 cm³/mol. The second-order valence-electron chi connectivity index (χ2n) is 9.34. The van der Waals surface area contributed by atoms with Crippen LogP contribution in [0.2, 0.25) is 5.02 Å². The highest BCUT2D eigenvalue weighted by molar-refractivity contribution is 6.31. The number of fused-ring (bicyclic) bond motifs is 4. The number of benzene rings is 1. The molecular formula is C25H25ClF3N5O3. The van der Waals surface area contributed by atoms with E-state index in [1.165, 1.54) is 12.1 Å². The van der Waals surface area contributed by atoms with Crippen molar-refractivity contribution in [3.63, 3.8) is 0 Å². The molecule has 0 spiro atoms. The Morgan fingerprint density at radius 1 is 1.27 bits per heavy atom. The maximum absolute atomic E-state index is 10.6. The van der Waals surface area contributed by atoms with Gasteiger partial charge in [-0.15, -0.1) is 0 Å². The van der Waals surface area contributed by atoms with Gasteiger partial charge in [0.05, 0.1) is 35.4 Å². The first-order valence-electron chi connectivity index (χ1n) is 12.0. The van der Waals surface area contributed by atoms with E-state index in [4.69, 9.17) is 36.3 Å². The number of alkyl halides is 3. The Balaban J connectivity index is 0.000000355. The summed E-state index contributed by atoms with van der Waals surface area (Å²) in [6.07, 6.45) is 2.04. The Hall–Kier alpha value is -3.18. The number of pyridine rings is 1. The van der Waals surface area contributed by atoms with Crippen LogP contribution in [0.25, 0.3) is 21.9 Å². The van der Waals surface area contributed by atoms with E-state index in [1.54, 1.807) is 0 Å². The lowest BCUT2D eigenvalue weighted by molar-refractivity contribution is -0.192. The number of aliphatic carboxylic acids is 1. The fraction of sp³-hybridized carbons (Fsp3) is 0.440. The van der Waals surface area contributed by atoms with Gasteiger partial charge in [-0.25, -0.2) is 9.78 Å². The fourth-order valence-corrected chi connectivity index (χ4v) is 5.26. The van der Waals surface area contributed by atoms with Gasteiger partial charge in [-0.1, -0.05) is 11.6 Å². The molecule has 8 nitrogen and oxygen atoms in total. The van der Waals surface area contributed by atoms with Crippen LogP contribution in [-0.2, 0) is 28.9 Å². The van der Waals surface area contributed by atoms with E-state index < -0.39 is 12.1 Å². The number of hydrogen-bond donors (Lipinski definition) is 1. The first-order valence-corrected chi connectivity index (χ1v) is 12.4. The number of carboxylic acids is 1. The van der Waals surface area contributed by atoms with Gasteiger partial charge in [-0.3, -0.25) is 9.67 Å². The first-order chi connectivity index (χ1) is 17.6. The van der Waals surface area contributed by atoms with Crippen molar-refractivity contribution in [1.29, 1.82) is 0 Å². The second-order valence-corrected chi connectivity index (χ2v) is 9.78. The molecule has 0 saturated carbocycles. The normalized spacial score (nSPS) is 19.6. The van der Waals surface area contributed by atoms with Crippen LogP contribution < -0.4 is 0 Å². The first kappa shape index (κ1) is 25.5. The third-order valence-corrected chi connectivity index (χ3v) is 6.91. The molecule has 12 heteroatoms. The maximum Gasteiger partial charge on any atom is 0.490 e. The Kier molecular flexibility index (Phi) is 6.84. The van der Waals surface area contributed by atoms with Crippen LogP contribution in [0.3, 0.4) is 0 Å². The summed E-state index contributed by atoms with van der Waals surface area (Å²) in [6, 6.07) is 8.49. The number of carbonyl (C=O) groups is 1. The largest absolute Gasteiger partial charge is 0.490 e. The minimum atomic E-state index is -5.08. The van der Waals surface area contributed by atoms with E-state index in [0.29, 0.717) is 6.04 Å². The average molecular weight is 536 g/mol. The second kappa shape index (κ2) is 9.94. The number of rotatable bonds is 3. The van der Waals surface area contributed by atoms with Crippen molar-refractivity contribution in [2.75, 3.05) is 6.61 Å². The summed E-state index contributed by atoms with van der Waals surface area (Å²) in [6.45, 7) is 3.95. The summed E-state index contributed by atoms with van der Waals surface area (Å²) in [5, 5.41) is 13.7. The number of nitrogens with zero attached hydrogens (tertiary/aromatic N) is 5. The molecular weight excluding hydrogens is 511 g/mol. The summed E-state index contributed by atoms with van der Waals surface area (Å²) in [5.41, 5.74) is 5.43. The van der Waals surface area contributed by atoms with Gasteiger partial charge in [0.15, 0.2) is 0 Å². The van der Waals surface area contributed by atoms with Gasteiger partial charge in [0, 0.05) is 35.3 Å². The van der Waals surface area contributed by atoms with Crippen LogP contribution in [0.1, 0.15) is 49.4 Å². The Morgan fingerprint density at radius 2 is 2.05 bits per heavy atom. The number of hydrogen-bond acceptors (Lipinski definition) is 5. The molecule has 6 rings (SSSR count). The van der Waals surface area contributed by atoms with E-state index in [0.717, 1.165) is 77.3 Å². The van der Waals surface area contributed by atoms with Crippen LogP contribution in [-0.4, -0.2) is 54.3 Å². The number of ether oxygens (including phenoxy) is 1. The fourth-order valence-electron chi connectivity index (χ4n) is 5.09. The van der Waals surface area contributed by atoms with Gasteiger partial charge < -0.3 is 14.4 Å². The van der Waals surface area contributed by atoms with E-state index in [-0.39, 0.29) is 6.10 Å². The highest BCUT2D eigenvalue weighted by Gasteiger charge is 2.38. The lowest BCUT2D eigenvalue weighted by Gasteiger charge is -2.30. The van der Waals surface area contributed by atoms with Crippen molar-refractivity contribution in [2.24, 2.45) is 0 Å². The van der Waals surface area contributed by atoms with Crippen molar-refractivity contribution in [3.8, 4) is 0 Å². The SMILES string of the molecule is C[C@@H]1C[C@H](n2c(Cc3cc4n(n3)CCC4)nc3cnc4ccc(Cl)cc4c32)CCO1.O=C(O)C(F)(F)F. The van der Waals surface area contributed by atoms with Gasteiger partial charge in [-0.2, -0.15) is 18.3 Å². The van der Waals surface area contributed by atoms with Crippen molar-refractivity contribution in [3.05, 3.63) is 52.7 Å². The van der Waals surface area contributed by atoms with E-state index >= 15 is 0 Å². The number of imidazole rings is 1. The van der Waals surface area contributed by atoms with Crippen molar-refractivity contribution in [2.45, 2.75) is 63.9 Å². The van der Waals surface area contributed by atoms with Crippen molar-refractivity contribution in [1.82, 2.24) is 24.3 Å². The van der Waals surface area contributed by atoms with Crippen LogP contribution in [0.15, 0.2) is 30.5 Å². The molecule has 0 radical (unpaired) electrons. The van der Waals surface area contributed by atoms with Gasteiger partial charge >= 0.3 is 12.1 Å². The zero-order valence-corrected chi connectivity index (χ0v) is 20.8. The van der Waals surface area contributed by atoms with Crippen molar-refractivity contribution < 1.29 is 27.8 Å². The Labute approximate surface area is 215 Å². The summed E-state index contributed by atoms with van der Waals surface area (Å²) in [5.74, 6) is -1.71. The average Bonchev–Trinajstić information content (AvgIpc) is 3.52. The highest BCUT2D eigenvalue weighted by atomic mass is 35.5. The summed E-state index contributed by atoms with van der Waals surface area (Å²) < 4.78 is 42.2. The van der Waals surface area contributed by atoms with Crippen molar-refractivity contribution >= 4 is 39.5 Å². The lowest BCUT2D eigenvalue weighted by atomic mass is 10.0. The molecule has 196 valence electrons. The highest BCUT2D eigenvalue weighted by Crippen LogP contribution is 2.35. The monoisotopic (exact) mass is 535 g/mol. The smallest absolute Gasteiger partial charge is 0.475 e. The number of halogens is 4. The standard InChI is InChI=1S/C23H24ClN5O.C2HF3O2/c1-14-9-18(6-8-30-14)29-22(12-16-11-17-3-2-7-28(17)27-16)26-21-13-25-20-5-4-15(24)10-19(20)23(21)29;3-2(4,5)1(6)7/h4-5,10-11,13-14,18H,2-3,6-9,12H2,1H3;(H,6,7)/t14-,18-;/m1./s1. The molecule has 1 N–H and O–H groups in total. The molecule has 1 saturated heterocycles. The zero-order chi connectivity index (χ0) is 26.3. The molecule has 0 unspecified atom stereocenters. The topological polar surface area (TPSA) is 95.1 Å². The minimum Gasteiger partial charge on any atom is -0.475 e. The number of aryl methyl sites for hydroxylation is 2. The molecule has 4 aromatic rings. The summed E-state index contributed by atoms with van der Waals surface area (Å²) in [7, 11) is 0. The van der Waals surface area contributed by atoms with Crippen LogP contribution >= 0.6 is 11.6 Å². The molecule has 2 aliphatic heterocycles. The quantitative estimate of drug-likeness (QED) is 0.380. The molecule has 1 fully saturated rings. The summed E-state index contributed by atoms with van der Waals surface area (Å²) >= 11 is 6.37. The Bertz CT molecular complexity index is 1440. The third kappa shape index (κ3) is 5.28. The van der Waals surface area contributed by atoms with Crippen LogP contribution in [0.4, 0.5) is 13.2 Å². The molecule has 1 aromatic carbocycles. The van der Waals surface area contributed by atoms with Crippen LogP contribution in [0.5, 0.6) is 0 Å². The van der Waals surface area contributed by atoms with Gasteiger partial charge in [0.1, 0.15) is 11.3 Å². The molecule has 5 heterocycles. The molecule has 2 atom stereocenters.